The molecule has 1 unspecified atom stereocenters. The second-order valence-corrected chi connectivity index (χ2v) is 6.52. The average Bonchev–Trinajstić information content (AvgIpc) is 2.67. The van der Waals surface area contributed by atoms with Gasteiger partial charge in [0.2, 0.25) is 5.91 Å². The summed E-state index contributed by atoms with van der Waals surface area (Å²) >= 11 is 0. The van der Waals surface area contributed by atoms with Crippen LogP contribution in [0.4, 0.5) is 0 Å². The Kier molecular flexibility index (Phi) is 3.80. The van der Waals surface area contributed by atoms with Crippen LogP contribution in [0.2, 0.25) is 0 Å². The van der Waals surface area contributed by atoms with Gasteiger partial charge in [-0.2, -0.15) is 0 Å². The number of hydrogen-bond donors (Lipinski definition) is 0. The molecule has 0 aromatic heterocycles. The minimum absolute atomic E-state index is 0.0346. The SMILES string of the molecule is COC(=O)C(C)CN(C)C(=O)C1C(C)(C)C1(C)C. The number of esters is 1. The van der Waals surface area contributed by atoms with Gasteiger partial charge in [0.1, 0.15) is 0 Å². The van der Waals surface area contributed by atoms with Crippen LogP contribution in [0.3, 0.4) is 0 Å². The summed E-state index contributed by atoms with van der Waals surface area (Å²) in [6.07, 6.45) is 0. The third-order valence-corrected chi connectivity index (χ3v) is 4.80. The predicted octanol–water partition coefficient (Wildman–Crippen LogP) is 1.94. The number of amides is 1. The Morgan fingerprint density at radius 2 is 1.67 bits per heavy atom. The van der Waals surface area contributed by atoms with Crippen molar-refractivity contribution in [3.63, 3.8) is 0 Å². The predicted molar refractivity (Wildman–Crippen MR) is 69.9 cm³/mol. The van der Waals surface area contributed by atoms with Crippen molar-refractivity contribution in [3.8, 4) is 0 Å². The first-order valence-electron chi connectivity index (χ1n) is 6.40. The highest BCUT2D eigenvalue weighted by Gasteiger charge is 2.68. The second kappa shape index (κ2) is 4.56. The maximum atomic E-state index is 12.4. The van der Waals surface area contributed by atoms with E-state index in [1.165, 1.54) is 7.11 Å². The van der Waals surface area contributed by atoms with E-state index in [0.29, 0.717) is 6.54 Å². The van der Waals surface area contributed by atoms with Crippen LogP contribution in [0.25, 0.3) is 0 Å². The zero-order chi connectivity index (χ0) is 14.3. The number of nitrogens with zero attached hydrogens (tertiary/aromatic N) is 1. The molecule has 0 radical (unpaired) electrons. The topological polar surface area (TPSA) is 46.6 Å². The molecule has 0 aromatic carbocycles. The zero-order valence-corrected chi connectivity index (χ0v) is 12.5. The Hall–Kier alpha value is -1.06. The molecule has 0 N–H and O–H groups in total. The lowest BCUT2D eigenvalue weighted by Crippen LogP contribution is -2.36. The molecule has 0 saturated heterocycles. The molecule has 4 nitrogen and oxygen atoms in total. The Labute approximate surface area is 110 Å². The van der Waals surface area contributed by atoms with Gasteiger partial charge in [0.05, 0.1) is 13.0 Å². The first-order chi connectivity index (χ1) is 8.07. The molecule has 4 heteroatoms. The van der Waals surface area contributed by atoms with Gasteiger partial charge in [0, 0.05) is 19.5 Å². The van der Waals surface area contributed by atoms with Crippen LogP contribution in [0, 0.1) is 22.7 Å². The molecule has 1 aliphatic rings. The Morgan fingerprint density at radius 1 is 1.22 bits per heavy atom. The molecule has 0 heterocycles. The van der Waals surface area contributed by atoms with E-state index >= 15 is 0 Å². The minimum Gasteiger partial charge on any atom is -0.469 e. The number of carbonyl (C=O) groups is 2. The van der Waals surface area contributed by atoms with Crippen LogP contribution in [0.15, 0.2) is 0 Å². The molecule has 104 valence electrons. The largest absolute Gasteiger partial charge is 0.469 e. The summed E-state index contributed by atoms with van der Waals surface area (Å²) in [6, 6.07) is 0. The van der Waals surface area contributed by atoms with Gasteiger partial charge in [-0.15, -0.1) is 0 Å². The van der Waals surface area contributed by atoms with E-state index in [1.54, 1.807) is 18.9 Å². The Balaban J connectivity index is 2.62. The van der Waals surface area contributed by atoms with Gasteiger partial charge in [0.15, 0.2) is 0 Å². The van der Waals surface area contributed by atoms with Crippen molar-refractivity contribution in [3.05, 3.63) is 0 Å². The molecule has 18 heavy (non-hydrogen) atoms. The Bertz CT molecular complexity index is 346. The molecule has 1 atom stereocenters. The molecule has 0 aliphatic heterocycles. The van der Waals surface area contributed by atoms with E-state index in [1.807, 2.05) is 0 Å². The monoisotopic (exact) mass is 255 g/mol. The van der Waals surface area contributed by atoms with Gasteiger partial charge in [0.25, 0.3) is 0 Å². The first kappa shape index (κ1) is 15.0. The third kappa shape index (κ3) is 2.25. The number of ether oxygens (including phenoxy) is 1. The summed E-state index contributed by atoms with van der Waals surface area (Å²) < 4.78 is 4.67. The molecule has 0 spiro atoms. The van der Waals surface area contributed by atoms with Gasteiger partial charge in [-0.05, 0) is 10.8 Å². The summed E-state index contributed by atoms with van der Waals surface area (Å²) in [4.78, 5) is 25.4. The molecular formula is C14H25NO3. The second-order valence-electron chi connectivity index (χ2n) is 6.52. The van der Waals surface area contributed by atoms with E-state index in [4.69, 9.17) is 0 Å². The van der Waals surface area contributed by atoms with Crippen molar-refractivity contribution < 1.29 is 14.3 Å². The van der Waals surface area contributed by atoms with Crippen LogP contribution >= 0.6 is 0 Å². The van der Waals surface area contributed by atoms with E-state index in [9.17, 15) is 9.59 Å². The Morgan fingerprint density at radius 3 is 2.00 bits per heavy atom. The number of carbonyl (C=O) groups excluding carboxylic acids is 2. The summed E-state index contributed by atoms with van der Waals surface area (Å²) in [7, 11) is 3.13. The zero-order valence-electron chi connectivity index (χ0n) is 12.5. The lowest BCUT2D eigenvalue weighted by molar-refractivity contribution is -0.146. The smallest absolute Gasteiger partial charge is 0.310 e. The maximum Gasteiger partial charge on any atom is 0.310 e. The van der Waals surface area contributed by atoms with Crippen LogP contribution in [-0.4, -0.2) is 37.5 Å². The summed E-state index contributed by atoms with van der Waals surface area (Å²) in [5.41, 5.74) is 0.0691. The molecule has 1 aliphatic carbocycles. The van der Waals surface area contributed by atoms with Crippen molar-refractivity contribution in [1.82, 2.24) is 4.90 Å². The van der Waals surface area contributed by atoms with Crippen molar-refractivity contribution in [2.45, 2.75) is 34.6 Å². The van der Waals surface area contributed by atoms with Crippen LogP contribution in [-0.2, 0) is 14.3 Å². The van der Waals surface area contributed by atoms with E-state index < -0.39 is 0 Å². The molecule has 1 saturated carbocycles. The maximum absolute atomic E-state index is 12.4. The lowest BCUT2D eigenvalue weighted by Gasteiger charge is -2.21. The minimum atomic E-state index is -0.283. The quantitative estimate of drug-likeness (QED) is 0.721. The first-order valence-corrected chi connectivity index (χ1v) is 6.40. The summed E-state index contributed by atoms with van der Waals surface area (Å²) in [5.74, 6) is -0.390. The normalized spacial score (nSPS) is 22.2. The molecule has 1 fully saturated rings. The fraction of sp³-hybridized carbons (Fsp3) is 0.857. The molecule has 1 rings (SSSR count). The highest BCUT2D eigenvalue weighted by molar-refractivity contribution is 5.84. The van der Waals surface area contributed by atoms with Crippen molar-refractivity contribution in [2.75, 3.05) is 20.7 Å². The van der Waals surface area contributed by atoms with Gasteiger partial charge < -0.3 is 9.64 Å². The summed E-state index contributed by atoms with van der Waals surface area (Å²) in [5, 5.41) is 0. The van der Waals surface area contributed by atoms with Gasteiger partial charge in [-0.3, -0.25) is 9.59 Å². The van der Waals surface area contributed by atoms with Crippen LogP contribution in [0.1, 0.15) is 34.6 Å². The summed E-state index contributed by atoms with van der Waals surface area (Å²) in [6.45, 7) is 10.7. The molecule has 0 aromatic rings. The van der Waals surface area contributed by atoms with E-state index in [-0.39, 0.29) is 34.5 Å². The number of methoxy groups -OCH3 is 1. The molecular weight excluding hydrogens is 230 g/mol. The van der Waals surface area contributed by atoms with Crippen LogP contribution in [0.5, 0.6) is 0 Å². The fourth-order valence-corrected chi connectivity index (χ4v) is 2.81. The van der Waals surface area contributed by atoms with E-state index in [2.05, 4.69) is 32.4 Å². The lowest BCUT2D eigenvalue weighted by atomic mass is 10.0. The number of rotatable bonds is 4. The standard InChI is InChI=1S/C14H25NO3/c1-9(12(17)18-7)8-15(6)11(16)10-13(2,3)14(10,4)5/h9-10H,8H2,1-7H3. The van der Waals surface area contributed by atoms with Gasteiger partial charge in [-0.1, -0.05) is 34.6 Å². The van der Waals surface area contributed by atoms with Gasteiger partial charge >= 0.3 is 5.97 Å². The van der Waals surface area contributed by atoms with Crippen molar-refractivity contribution in [2.24, 2.45) is 22.7 Å². The van der Waals surface area contributed by atoms with Crippen molar-refractivity contribution in [1.29, 1.82) is 0 Å². The molecule has 1 amide bonds. The fourth-order valence-electron chi connectivity index (χ4n) is 2.81. The highest BCUT2D eigenvalue weighted by atomic mass is 16.5. The highest BCUT2D eigenvalue weighted by Crippen LogP contribution is 2.68. The number of hydrogen-bond acceptors (Lipinski definition) is 3. The van der Waals surface area contributed by atoms with Crippen LogP contribution < -0.4 is 0 Å². The third-order valence-electron chi connectivity index (χ3n) is 4.80. The van der Waals surface area contributed by atoms with E-state index in [0.717, 1.165) is 0 Å². The van der Waals surface area contributed by atoms with Crippen molar-refractivity contribution >= 4 is 11.9 Å². The van der Waals surface area contributed by atoms with Gasteiger partial charge in [-0.25, -0.2) is 0 Å². The molecule has 0 bridgehead atoms. The average molecular weight is 255 g/mol.